The summed E-state index contributed by atoms with van der Waals surface area (Å²) in [6.07, 6.45) is 0. The molecule has 0 aromatic heterocycles. The van der Waals surface area contributed by atoms with E-state index >= 15 is 0 Å². The number of fused-ring (bicyclic) bond motifs is 1. The molecule has 3 rings (SSSR count). The maximum absolute atomic E-state index is 11.4. The average molecular weight is 310 g/mol. The van der Waals surface area contributed by atoms with Crippen molar-refractivity contribution in [3.8, 4) is 0 Å². The first-order valence-electron chi connectivity index (χ1n) is 6.22. The van der Waals surface area contributed by atoms with E-state index in [1.165, 1.54) is 5.56 Å². The highest BCUT2D eigenvalue weighted by atomic mass is 79.9. The van der Waals surface area contributed by atoms with E-state index in [0.717, 1.165) is 24.1 Å². The minimum atomic E-state index is 0.138. The van der Waals surface area contributed by atoms with Crippen LogP contribution in [0, 0.1) is 0 Å². The van der Waals surface area contributed by atoms with Crippen molar-refractivity contribution in [3.63, 3.8) is 0 Å². The standard InChI is InChI=1S/C13H16BrN3O/c14-11-4-2-1-3-10(11)12-7-17-8-13(18)16-6-9(17)5-15-12/h1-4,9,12,15H,5-8H2,(H,16,18). The Balaban J connectivity index is 1.77. The van der Waals surface area contributed by atoms with E-state index in [2.05, 4.69) is 49.7 Å². The number of amides is 1. The Hall–Kier alpha value is -0.910. The Morgan fingerprint density at radius 2 is 2.11 bits per heavy atom. The lowest BCUT2D eigenvalue weighted by Crippen LogP contribution is -2.62. The molecule has 18 heavy (non-hydrogen) atoms. The van der Waals surface area contributed by atoms with Crippen molar-refractivity contribution in [2.45, 2.75) is 12.1 Å². The summed E-state index contributed by atoms with van der Waals surface area (Å²) in [5.41, 5.74) is 1.27. The maximum Gasteiger partial charge on any atom is 0.234 e. The monoisotopic (exact) mass is 309 g/mol. The summed E-state index contributed by atoms with van der Waals surface area (Å²) in [5.74, 6) is 0.138. The van der Waals surface area contributed by atoms with Crippen molar-refractivity contribution >= 4 is 21.8 Å². The van der Waals surface area contributed by atoms with Crippen molar-refractivity contribution in [2.75, 3.05) is 26.2 Å². The molecule has 4 nitrogen and oxygen atoms in total. The molecular weight excluding hydrogens is 294 g/mol. The van der Waals surface area contributed by atoms with Crippen molar-refractivity contribution in [3.05, 3.63) is 34.3 Å². The van der Waals surface area contributed by atoms with Gasteiger partial charge in [-0.15, -0.1) is 0 Å². The van der Waals surface area contributed by atoms with E-state index in [9.17, 15) is 4.79 Å². The van der Waals surface area contributed by atoms with Gasteiger partial charge < -0.3 is 10.6 Å². The lowest BCUT2D eigenvalue weighted by Gasteiger charge is -2.43. The molecule has 1 amide bonds. The predicted molar refractivity (Wildman–Crippen MR) is 73.3 cm³/mol. The Kier molecular flexibility index (Phi) is 3.37. The molecular formula is C13H16BrN3O. The van der Waals surface area contributed by atoms with Crippen LogP contribution < -0.4 is 10.6 Å². The van der Waals surface area contributed by atoms with Crippen molar-refractivity contribution < 1.29 is 4.79 Å². The molecule has 2 unspecified atom stereocenters. The largest absolute Gasteiger partial charge is 0.353 e. The summed E-state index contributed by atoms with van der Waals surface area (Å²) >= 11 is 3.59. The second-order valence-corrected chi connectivity index (χ2v) is 5.72. The van der Waals surface area contributed by atoms with Gasteiger partial charge in [-0.05, 0) is 11.6 Å². The third-order valence-electron chi connectivity index (χ3n) is 3.70. The number of carbonyl (C=O) groups excluding carboxylic acids is 1. The number of carbonyl (C=O) groups is 1. The number of benzene rings is 1. The predicted octanol–water partition coefficient (Wildman–Crippen LogP) is 0.894. The summed E-state index contributed by atoms with van der Waals surface area (Å²) in [4.78, 5) is 13.7. The van der Waals surface area contributed by atoms with E-state index in [1.807, 2.05) is 6.07 Å². The smallest absolute Gasteiger partial charge is 0.234 e. The van der Waals surface area contributed by atoms with E-state index in [4.69, 9.17) is 0 Å². The average Bonchev–Trinajstić information content (AvgIpc) is 2.38. The first-order valence-corrected chi connectivity index (χ1v) is 7.02. The van der Waals surface area contributed by atoms with Crippen LogP contribution in [0.25, 0.3) is 0 Å². The normalized spacial score (nSPS) is 28.6. The second-order valence-electron chi connectivity index (χ2n) is 4.87. The summed E-state index contributed by atoms with van der Waals surface area (Å²) < 4.78 is 1.13. The number of rotatable bonds is 1. The van der Waals surface area contributed by atoms with E-state index in [-0.39, 0.29) is 5.91 Å². The van der Waals surface area contributed by atoms with Gasteiger partial charge in [0.05, 0.1) is 6.54 Å². The van der Waals surface area contributed by atoms with Gasteiger partial charge in [0.2, 0.25) is 5.91 Å². The molecule has 1 aromatic carbocycles. The van der Waals surface area contributed by atoms with Crippen LogP contribution in [0.15, 0.2) is 28.7 Å². The minimum Gasteiger partial charge on any atom is -0.353 e. The van der Waals surface area contributed by atoms with Gasteiger partial charge in [-0.25, -0.2) is 0 Å². The molecule has 2 saturated heterocycles. The second kappa shape index (κ2) is 4.99. The lowest BCUT2D eigenvalue weighted by molar-refractivity contribution is -0.126. The molecule has 2 aliphatic heterocycles. The lowest BCUT2D eigenvalue weighted by atomic mass is 10.0. The van der Waals surface area contributed by atoms with Crippen LogP contribution in [0.1, 0.15) is 11.6 Å². The SMILES string of the molecule is O=C1CN2CC(c3ccccc3Br)NCC2CN1. The van der Waals surface area contributed by atoms with Gasteiger partial charge in [0.1, 0.15) is 0 Å². The Bertz CT molecular complexity index is 465. The zero-order valence-electron chi connectivity index (χ0n) is 10.0. The molecule has 2 heterocycles. The maximum atomic E-state index is 11.4. The van der Waals surface area contributed by atoms with Crippen LogP contribution in [0.3, 0.4) is 0 Å². The van der Waals surface area contributed by atoms with Crippen LogP contribution in [-0.4, -0.2) is 43.0 Å². The fourth-order valence-corrected chi connectivity index (χ4v) is 3.25. The molecule has 2 N–H and O–H groups in total. The van der Waals surface area contributed by atoms with Gasteiger partial charge in [0.15, 0.2) is 0 Å². The topological polar surface area (TPSA) is 44.4 Å². The Labute approximate surface area is 115 Å². The fourth-order valence-electron chi connectivity index (χ4n) is 2.69. The first kappa shape index (κ1) is 12.1. The zero-order chi connectivity index (χ0) is 12.5. The summed E-state index contributed by atoms with van der Waals surface area (Å²) in [7, 11) is 0. The Morgan fingerprint density at radius 1 is 1.28 bits per heavy atom. The molecule has 2 atom stereocenters. The molecule has 0 aliphatic carbocycles. The van der Waals surface area contributed by atoms with Crippen LogP contribution in [0.4, 0.5) is 0 Å². The van der Waals surface area contributed by atoms with Gasteiger partial charge in [-0.1, -0.05) is 34.1 Å². The molecule has 0 spiro atoms. The molecule has 1 aromatic rings. The van der Waals surface area contributed by atoms with E-state index < -0.39 is 0 Å². The molecule has 0 saturated carbocycles. The number of halogens is 1. The summed E-state index contributed by atoms with van der Waals surface area (Å²) in [6.45, 7) is 3.09. The van der Waals surface area contributed by atoms with Gasteiger partial charge >= 0.3 is 0 Å². The third kappa shape index (κ3) is 2.30. The van der Waals surface area contributed by atoms with Gasteiger partial charge in [0, 0.05) is 36.2 Å². The highest BCUT2D eigenvalue weighted by molar-refractivity contribution is 9.10. The van der Waals surface area contributed by atoms with Crippen LogP contribution in [-0.2, 0) is 4.79 Å². The van der Waals surface area contributed by atoms with Crippen molar-refractivity contribution in [1.82, 2.24) is 15.5 Å². The van der Waals surface area contributed by atoms with E-state index in [0.29, 0.717) is 18.6 Å². The highest BCUT2D eigenvalue weighted by Crippen LogP contribution is 2.26. The minimum absolute atomic E-state index is 0.138. The Morgan fingerprint density at radius 3 is 2.94 bits per heavy atom. The molecule has 2 fully saturated rings. The van der Waals surface area contributed by atoms with Crippen LogP contribution in [0.2, 0.25) is 0 Å². The highest BCUT2D eigenvalue weighted by Gasteiger charge is 2.33. The molecule has 96 valence electrons. The quantitative estimate of drug-likeness (QED) is 0.810. The zero-order valence-corrected chi connectivity index (χ0v) is 11.6. The van der Waals surface area contributed by atoms with Crippen molar-refractivity contribution in [1.29, 1.82) is 0 Å². The third-order valence-corrected chi connectivity index (χ3v) is 4.42. The molecule has 0 radical (unpaired) electrons. The van der Waals surface area contributed by atoms with E-state index in [1.54, 1.807) is 0 Å². The van der Waals surface area contributed by atoms with Gasteiger partial charge in [0.25, 0.3) is 0 Å². The van der Waals surface area contributed by atoms with Gasteiger partial charge in [-0.2, -0.15) is 0 Å². The molecule has 0 bridgehead atoms. The molecule has 5 heteroatoms. The van der Waals surface area contributed by atoms with Crippen LogP contribution in [0.5, 0.6) is 0 Å². The number of nitrogens with zero attached hydrogens (tertiary/aromatic N) is 1. The number of hydrogen-bond acceptors (Lipinski definition) is 3. The number of piperazine rings is 2. The van der Waals surface area contributed by atoms with Gasteiger partial charge in [-0.3, -0.25) is 9.69 Å². The fraction of sp³-hybridized carbons (Fsp3) is 0.462. The molecule has 2 aliphatic rings. The van der Waals surface area contributed by atoms with Crippen molar-refractivity contribution in [2.24, 2.45) is 0 Å². The number of nitrogens with one attached hydrogen (secondary N) is 2. The summed E-state index contributed by atoms with van der Waals surface area (Å²) in [6, 6.07) is 8.99. The first-order chi connectivity index (χ1) is 8.74. The van der Waals surface area contributed by atoms with Crippen LogP contribution >= 0.6 is 15.9 Å². The number of hydrogen-bond donors (Lipinski definition) is 2. The summed E-state index contributed by atoms with van der Waals surface area (Å²) in [5, 5.41) is 6.48.